The summed E-state index contributed by atoms with van der Waals surface area (Å²) in [6.07, 6.45) is 1.59. The molecule has 5 heteroatoms. The van der Waals surface area contributed by atoms with Crippen LogP contribution >= 0.6 is 11.6 Å². The molecule has 0 spiro atoms. The molecule has 0 saturated heterocycles. The first kappa shape index (κ1) is 14.3. The first-order valence-corrected chi connectivity index (χ1v) is 6.52. The number of hydrogen-bond donors (Lipinski definition) is 0. The third kappa shape index (κ3) is 3.27. The van der Waals surface area contributed by atoms with Crippen molar-refractivity contribution in [3.63, 3.8) is 0 Å². The zero-order chi connectivity index (χ0) is 14.7. The highest BCUT2D eigenvalue weighted by atomic mass is 35.5. The lowest BCUT2D eigenvalue weighted by molar-refractivity contribution is 0.0785. The van der Waals surface area contributed by atoms with E-state index in [1.807, 2.05) is 18.2 Å². The van der Waals surface area contributed by atoms with Crippen LogP contribution in [0.4, 0.5) is 0 Å². The van der Waals surface area contributed by atoms with Gasteiger partial charge in [-0.15, -0.1) is 0 Å². The van der Waals surface area contributed by atoms with Crippen molar-refractivity contribution in [2.24, 2.45) is 7.05 Å². The molecule has 104 valence electrons. The van der Waals surface area contributed by atoms with Crippen LogP contribution < -0.4 is 5.56 Å². The fourth-order valence-corrected chi connectivity index (χ4v) is 2.10. The molecular formula is C15H15ClN2O2. The second-order valence-corrected chi connectivity index (χ2v) is 5.09. The fourth-order valence-electron chi connectivity index (χ4n) is 1.88. The first-order valence-electron chi connectivity index (χ1n) is 6.14. The molecule has 1 aromatic heterocycles. The van der Waals surface area contributed by atoms with Gasteiger partial charge in [0.25, 0.3) is 11.5 Å². The van der Waals surface area contributed by atoms with Gasteiger partial charge in [-0.25, -0.2) is 0 Å². The van der Waals surface area contributed by atoms with E-state index in [-0.39, 0.29) is 11.5 Å². The van der Waals surface area contributed by atoms with Crippen LogP contribution in [0.25, 0.3) is 0 Å². The van der Waals surface area contributed by atoms with Crippen molar-refractivity contribution in [3.05, 3.63) is 69.1 Å². The Hall–Kier alpha value is -2.07. The summed E-state index contributed by atoms with van der Waals surface area (Å²) in [6, 6.07) is 10.3. The molecule has 1 aromatic carbocycles. The zero-order valence-corrected chi connectivity index (χ0v) is 12.1. The molecule has 20 heavy (non-hydrogen) atoms. The van der Waals surface area contributed by atoms with Gasteiger partial charge in [-0.2, -0.15) is 0 Å². The Kier molecular flexibility index (Phi) is 4.25. The van der Waals surface area contributed by atoms with Crippen LogP contribution in [0, 0.1) is 0 Å². The van der Waals surface area contributed by atoms with Gasteiger partial charge >= 0.3 is 0 Å². The first-order chi connectivity index (χ1) is 9.47. The molecule has 0 atom stereocenters. The summed E-state index contributed by atoms with van der Waals surface area (Å²) in [5.41, 5.74) is 1.13. The van der Waals surface area contributed by atoms with Crippen LogP contribution in [-0.4, -0.2) is 22.4 Å². The smallest absolute Gasteiger partial charge is 0.254 e. The molecular weight excluding hydrogens is 276 g/mol. The predicted molar refractivity (Wildman–Crippen MR) is 78.9 cm³/mol. The number of aryl methyl sites for hydroxylation is 1. The van der Waals surface area contributed by atoms with Crippen LogP contribution in [0.15, 0.2) is 47.4 Å². The highest BCUT2D eigenvalue weighted by molar-refractivity contribution is 6.30. The molecule has 2 rings (SSSR count). The topological polar surface area (TPSA) is 42.3 Å². The van der Waals surface area contributed by atoms with E-state index in [0.29, 0.717) is 17.1 Å². The van der Waals surface area contributed by atoms with E-state index in [9.17, 15) is 9.59 Å². The van der Waals surface area contributed by atoms with Gasteiger partial charge in [-0.05, 0) is 23.8 Å². The molecule has 0 fully saturated rings. The maximum Gasteiger partial charge on any atom is 0.254 e. The maximum absolute atomic E-state index is 12.2. The highest BCUT2D eigenvalue weighted by Crippen LogP contribution is 2.13. The second-order valence-electron chi connectivity index (χ2n) is 4.66. The lowest BCUT2D eigenvalue weighted by Gasteiger charge is -2.17. The van der Waals surface area contributed by atoms with E-state index in [0.717, 1.165) is 5.56 Å². The van der Waals surface area contributed by atoms with Gasteiger partial charge < -0.3 is 9.47 Å². The van der Waals surface area contributed by atoms with E-state index < -0.39 is 0 Å². The molecule has 0 unspecified atom stereocenters. The Labute approximate surface area is 122 Å². The summed E-state index contributed by atoms with van der Waals surface area (Å²) in [7, 11) is 3.34. The van der Waals surface area contributed by atoms with Crippen molar-refractivity contribution in [1.29, 1.82) is 0 Å². The van der Waals surface area contributed by atoms with E-state index >= 15 is 0 Å². The number of aromatic nitrogens is 1. The molecule has 2 aromatic rings. The van der Waals surface area contributed by atoms with E-state index in [1.54, 1.807) is 37.3 Å². The van der Waals surface area contributed by atoms with Crippen LogP contribution in [0.1, 0.15) is 15.9 Å². The Balaban J connectivity index is 2.16. The number of benzene rings is 1. The van der Waals surface area contributed by atoms with Gasteiger partial charge in [0.15, 0.2) is 0 Å². The van der Waals surface area contributed by atoms with Gasteiger partial charge in [-0.1, -0.05) is 23.7 Å². The Morgan fingerprint density at radius 3 is 2.70 bits per heavy atom. The number of carbonyl (C=O) groups is 1. The molecule has 0 aliphatic carbocycles. The van der Waals surface area contributed by atoms with Gasteiger partial charge in [-0.3, -0.25) is 9.59 Å². The summed E-state index contributed by atoms with van der Waals surface area (Å²) in [5.74, 6) is -0.192. The summed E-state index contributed by atoms with van der Waals surface area (Å²) in [6.45, 7) is 0.439. The summed E-state index contributed by atoms with van der Waals surface area (Å²) >= 11 is 5.92. The predicted octanol–water partition coefficient (Wildman–Crippen LogP) is 2.31. The normalized spacial score (nSPS) is 10.3. The van der Waals surface area contributed by atoms with Crippen molar-refractivity contribution in [2.45, 2.75) is 6.54 Å². The number of nitrogens with zero attached hydrogens (tertiary/aromatic N) is 2. The van der Waals surface area contributed by atoms with Crippen LogP contribution in [0.5, 0.6) is 0 Å². The van der Waals surface area contributed by atoms with Gasteiger partial charge in [0.2, 0.25) is 0 Å². The molecule has 0 saturated carbocycles. The van der Waals surface area contributed by atoms with Crippen molar-refractivity contribution >= 4 is 17.5 Å². The highest BCUT2D eigenvalue weighted by Gasteiger charge is 2.13. The minimum Gasteiger partial charge on any atom is -0.337 e. The van der Waals surface area contributed by atoms with Gasteiger partial charge in [0.05, 0.1) is 0 Å². The number of pyridine rings is 1. The summed E-state index contributed by atoms with van der Waals surface area (Å²) in [5, 5.41) is 0.636. The Morgan fingerprint density at radius 1 is 1.30 bits per heavy atom. The molecule has 1 amide bonds. The molecule has 1 heterocycles. The molecule has 4 nitrogen and oxygen atoms in total. The minimum atomic E-state index is -0.202. The van der Waals surface area contributed by atoms with E-state index in [2.05, 4.69) is 0 Å². The lowest BCUT2D eigenvalue weighted by atomic mass is 10.2. The Morgan fingerprint density at radius 2 is 2.05 bits per heavy atom. The monoisotopic (exact) mass is 290 g/mol. The summed E-state index contributed by atoms with van der Waals surface area (Å²) in [4.78, 5) is 25.3. The molecule has 0 N–H and O–H groups in total. The van der Waals surface area contributed by atoms with Crippen molar-refractivity contribution in [2.75, 3.05) is 7.05 Å². The molecule has 0 aliphatic rings. The SMILES string of the molecule is CN(Cc1cccc(Cl)c1)C(=O)c1ccn(C)c(=O)c1. The third-order valence-electron chi connectivity index (χ3n) is 3.01. The largest absolute Gasteiger partial charge is 0.337 e. The average molecular weight is 291 g/mol. The number of carbonyl (C=O) groups excluding carboxylic acids is 1. The van der Waals surface area contributed by atoms with E-state index in [1.165, 1.54) is 10.6 Å². The fraction of sp³-hybridized carbons (Fsp3) is 0.200. The molecule has 0 radical (unpaired) electrons. The maximum atomic E-state index is 12.2. The standard InChI is InChI=1S/C15H15ClN2O2/c1-17-7-6-12(9-14(17)19)15(20)18(2)10-11-4-3-5-13(16)8-11/h3-9H,10H2,1-2H3. The average Bonchev–Trinajstić information content (AvgIpc) is 2.41. The van der Waals surface area contributed by atoms with Crippen LogP contribution in [-0.2, 0) is 13.6 Å². The van der Waals surface area contributed by atoms with Gasteiger partial charge in [0, 0.05) is 43.5 Å². The van der Waals surface area contributed by atoms with Crippen molar-refractivity contribution in [1.82, 2.24) is 9.47 Å². The van der Waals surface area contributed by atoms with Crippen LogP contribution in [0.2, 0.25) is 5.02 Å². The van der Waals surface area contributed by atoms with Gasteiger partial charge in [0.1, 0.15) is 0 Å². The number of rotatable bonds is 3. The molecule has 0 bridgehead atoms. The second kappa shape index (κ2) is 5.92. The van der Waals surface area contributed by atoms with E-state index in [4.69, 9.17) is 11.6 Å². The van der Waals surface area contributed by atoms with Crippen LogP contribution in [0.3, 0.4) is 0 Å². The zero-order valence-electron chi connectivity index (χ0n) is 11.3. The minimum absolute atomic E-state index is 0.192. The summed E-state index contributed by atoms with van der Waals surface area (Å²) < 4.78 is 1.42. The lowest BCUT2D eigenvalue weighted by Crippen LogP contribution is -2.28. The quantitative estimate of drug-likeness (QED) is 0.870. The van der Waals surface area contributed by atoms with Crippen molar-refractivity contribution < 1.29 is 4.79 Å². The van der Waals surface area contributed by atoms with Crippen molar-refractivity contribution in [3.8, 4) is 0 Å². The number of halogens is 1. The Bertz CT molecular complexity index is 694. The third-order valence-corrected chi connectivity index (χ3v) is 3.24. The number of hydrogen-bond acceptors (Lipinski definition) is 2. The molecule has 0 aliphatic heterocycles. The number of amides is 1.